The smallest absolute Gasteiger partial charge is 0.244 e. The Balaban J connectivity index is 2.57. The largest absolute Gasteiger partial charge is 0.399 e. The first-order valence-electron chi connectivity index (χ1n) is 6.05. The van der Waals surface area contributed by atoms with Crippen LogP contribution in [0.15, 0.2) is 17.0 Å². The second-order valence-electron chi connectivity index (χ2n) is 4.76. The molecule has 114 valence electrons. The highest BCUT2D eigenvalue weighted by molar-refractivity contribution is 7.89. The van der Waals surface area contributed by atoms with Gasteiger partial charge in [-0.1, -0.05) is 0 Å². The SMILES string of the molecule is Cc1c(F)cc(N)cc1S(=O)(=O)N1CC(=O)NC(=O)C1C. The van der Waals surface area contributed by atoms with Crippen LogP contribution in [0.3, 0.4) is 0 Å². The average molecular weight is 315 g/mol. The topological polar surface area (TPSA) is 110 Å². The number of benzene rings is 1. The van der Waals surface area contributed by atoms with Crippen molar-refractivity contribution in [2.75, 3.05) is 12.3 Å². The summed E-state index contributed by atoms with van der Waals surface area (Å²) in [6, 6.07) is 1.04. The van der Waals surface area contributed by atoms with E-state index in [0.29, 0.717) is 0 Å². The lowest BCUT2D eigenvalue weighted by Gasteiger charge is -2.31. The molecule has 2 amide bonds. The van der Waals surface area contributed by atoms with Gasteiger partial charge in [-0.25, -0.2) is 12.8 Å². The summed E-state index contributed by atoms with van der Waals surface area (Å²) in [5, 5.41) is 2.04. The van der Waals surface area contributed by atoms with E-state index >= 15 is 0 Å². The molecule has 9 heteroatoms. The third-order valence-electron chi connectivity index (χ3n) is 3.28. The Morgan fingerprint density at radius 3 is 2.62 bits per heavy atom. The monoisotopic (exact) mass is 315 g/mol. The molecule has 0 bridgehead atoms. The summed E-state index contributed by atoms with van der Waals surface area (Å²) in [4.78, 5) is 22.6. The van der Waals surface area contributed by atoms with Gasteiger partial charge < -0.3 is 5.73 Å². The van der Waals surface area contributed by atoms with Gasteiger partial charge in [-0.2, -0.15) is 4.31 Å². The molecule has 1 aliphatic heterocycles. The van der Waals surface area contributed by atoms with Gasteiger partial charge in [0.05, 0.1) is 11.4 Å². The Labute approximate surface area is 121 Å². The van der Waals surface area contributed by atoms with Crippen molar-refractivity contribution >= 4 is 27.5 Å². The molecule has 1 atom stereocenters. The minimum absolute atomic E-state index is 0.0582. The number of rotatable bonds is 2. The number of hydrogen-bond acceptors (Lipinski definition) is 5. The van der Waals surface area contributed by atoms with E-state index in [1.54, 1.807) is 0 Å². The van der Waals surface area contributed by atoms with Crippen LogP contribution in [-0.2, 0) is 19.6 Å². The lowest BCUT2D eigenvalue weighted by molar-refractivity contribution is -0.136. The van der Waals surface area contributed by atoms with Crippen molar-refractivity contribution in [1.82, 2.24) is 9.62 Å². The zero-order valence-electron chi connectivity index (χ0n) is 11.4. The van der Waals surface area contributed by atoms with Crippen LogP contribution in [0, 0.1) is 12.7 Å². The number of halogens is 1. The fourth-order valence-corrected chi connectivity index (χ4v) is 3.87. The van der Waals surface area contributed by atoms with Gasteiger partial charge in [-0.3, -0.25) is 14.9 Å². The van der Waals surface area contributed by atoms with E-state index in [0.717, 1.165) is 16.4 Å². The third-order valence-corrected chi connectivity index (χ3v) is 5.32. The molecule has 1 aliphatic rings. The average Bonchev–Trinajstić information content (AvgIpc) is 2.37. The molecule has 21 heavy (non-hydrogen) atoms. The number of nitrogens with two attached hydrogens (primary N) is 1. The van der Waals surface area contributed by atoms with Gasteiger partial charge in [0.25, 0.3) is 0 Å². The number of sulfonamides is 1. The Kier molecular flexibility index (Phi) is 3.72. The van der Waals surface area contributed by atoms with Crippen molar-refractivity contribution in [3.8, 4) is 0 Å². The van der Waals surface area contributed by atoms with E-state index in [4.69, 9.17) is 5.73 Å². The second-order valence-corrected chi connectivity index (χ2v) is 6.62. The number of anilines is 1. The van der Waals surface area contributed by atoms with Crippen LogP contribution in [-0.4, -0.2) is 37.1 Å². The molecule has 1 aromatic carbocycles. The van der Waals surface area contributed by atoms with E-state index in [2.05, 4.69) is 0 Å². The van der Waals surface area contributed by atoms with Gasteiger partial charge in [-0.05, 0) is 26.0 Å². The Morgan fingerprint density at radius 2 is 2.00 bits per heavy atom. The van der Waals surface area contributed by atoms with Crippen LogP contribution in [0.25, 0.3) is 0 Å². The summed E-state index contributed by atoms with van der Waals surface area (Å²) in [7, 11) is -4.22. The first kappa shape index (κ1) is 15.4. The zero-order valence-corrected chi connectivity index (χ0v) is 12.2. The van der Waals surface area contributed by atoms with Crippen LogP contribution >= 0.6 is 0 Å². The number of hydrogen-bond donors (Lipinski definition) is 2. The van der Waals surface area contributed by atoms with Crippen molar-refractivity contribution in [2.24, 2.45) is 0 Å². The molecule has 0 spiro atoms. The van der Waals surface area contributed by atoms with Crippen molar-refractivity contribution in [3.63, 3.8) is 0 Å². The maximum absolute atomic E-state index is 13.7. The normalized spacial score (nSPS) is 20.4. The second kappa shape index (κ2) is 5.08. The molecule has 7 nitrogen and oxygen atoms in total. The highest BCUT2D eigenvalue weighted by Gasteiger charge is 2.39. The molecule has 1 aromatic rings. The van der Waals surface area contributed by atoms with Gasteiger partial charge in [-0.15, -0.1) is 0 Å². The maximum Gasteiger partial charge on any atom is 0.244 e. The molecule has 1 fully saturated rings. The standard InChI is InChI=1S/C12H14FN3O4S/c1-6-9(13)3-8(14)4-10(6)21(19,20)16-5-11(17)15-12(18)7(16)2/h3-4,7H,5,14H2,1-2H3,(H,15,17,18). The first-order valence-corrected chi connectivity index (χ1v) is 7.49. The Bertz CT molecular complexity index is 732. The molecule has 2 rings (SSSR count). The minimum atomic E-state index is -4.22. The lowest BCUT2D eigenvalue weighted by atomic mass is 10.2. The number of imide groups is 1. The van der Waals surface area contributed by atoms with Crippen LogP contribution in [0.5, 0.6) is 0 Å². The molecule has 0 aliphatic carbocycles. The maximum atomic E-state index is 13.7. The Hall–Kier alpha value is -2.00. The predicted octanol–water partition coefficient (Wildman–Crippen LogP) is -0.248. The van der Waals surface area contributed by atoms with Crippen molar-refractivity contribution < 1.29 is 22.4 Å². The lowest BCUT2D eigenvalue weighted by Crippen LogP contribution is -2.58. The van der Waals surface area contributed by atoms with E-state index < -0.39 is 40.2 Å². The third kappa shape index (κ3) is 2.61. The molecular weight excluding hydrogens is 301 g/mol. The number of amides is 2. The summed E-state index contributed by atoms with van der Waals surface area (Å²) in [5.74, 6) is -2.23. The van der Waals surface area contributed by atoms with Gasteiger partial charge in [0.15, 0.2) is 0 Å². The molecule has 0 saturated carbocycles. The van der Waals surface area contributed by atoms with Crippen LogP contribution < -0.4 is 11.1 Å². The van der Waals surface area contributed by atoms with Crippen molar-refractivity contribution in [1.29, 1.82) is 0 Å². The van der Waals surface area contributed by atoms with E-state index in [1.165, 1.54) is 13.8 Å². The van der Waals surface area contributed by atoms with Crippen molar-refractivity contribution in [3.05, 3.63) is 23.5 Å². The molecule has 0 radical (unpaired) electrons. The highest BCUT2D eigenvalue weighted by Crippen LogP contribution is 2.26. The molecule has 1 unspecified atom stereocenters. The Morgan fingerprint density at radius 1 is 1.38 bits per heavy atom. The van der Waals surface area contributed by atoms with Crippen LogP contribution in [0.1, 0.15) is 12.5 Å². The molecule has 1 heterocycles. The van der Waals surface area contributed by atoms with Crippen molar-refractivity contribution in [2.45, 2.75) is 24.8 Å². The summed E-state index contributed by atoms with van der Waals surface area (Å²) in [6.45, 7) is 2.13. The van der Waals surface area contributed by atoms with Gasteiger partial charge in [0.1, 0.15) is 11.9 Å². The summed E-state index contributed by atoms with van der Waals surface area (Å²) in [5.41, 5.74) is 5.30. The zero-order chi connectivity index (χ0) is 15.9. The number of nitrogens with one attached hydrogen (secondary N) is 1. The highest BCUT2D eigenvalue weighted by atomic mass is 32.2. The van der Waals surface area contributed by atoms with Gasteiger partial charge >= 0.3 is 0 Å². The molecule has 1 saturated heterocycles. The fourth-order valence-electron chi connectivity index (χ4n) is 2.05. The summed E-state index contributed by atoms with van der Waals surface area (Å²) in [6.07, 6.45) is 0. The molecule has 3 N–H and O–H groups in total. The van der Waals surface area contributed by atoms with E-state index in [9.17, 15) is 22.4 Å². The number of nitrogens with zero attached hydrogens (tertiary/aromatic N) is 1. The number of carbonyl (C=O) groups is 2. The van der Waals surface area contributed by atoms with Gasteiger partial charge in [0.2, 0.25) is 21.8 Å². The quantitative estimate of drug-likeness (QED) is 0.578. The molecule has 0 aromatic heterocycles. The fraction of sp³-hybridized carbons (Fsp3) is 0.333. The number of carbonyl (C=O) groups excluding carboxylic acids is 2. The van der Waals surface area contributed by atoms with Crippen LogP contribution in [0.4, 0.5) is 10.1 Å². The predicted molar refractivity (Wildman–Crippen MR) is 72.1 cm³/mol. The van der Waals surface area contributed by atoms with E-state index in [1.807, 2.05) is 5.32 Å². The minimum Gasteiger partial charge on any atom is -0.399 e. The summed E-state index contributed by atoms with van der Waals surface area (Å²) >= 11 is 0. The van der Waals surface area contributed by atoms with E-state index in [-0.39, 0.29) is 16.1 Å². The van der Waals surface area contributed by atoms with Gasteiger partial charge in [0, 0.05) is 11.3 Å². The molecular formula is C12H14FN3O4S. The number of nitrogen functional groups attached to an aromatic ring is 1. The first-order chi connectivity index (χ1) is 9.64. The summed E-state index contributed by atoms with van der Waals surface area (Å²) < 4.78 is 39.6. The number of piperazine rings is 1. The van der Waals surface area contributed by atoms with Crippen LogP contribution in [0.2, 0.25) is 0 Å².